The minimum atomic E-state index is -0.801. The molecule has 1 aliphatic heterocycles. The molecule has 0 spiro atoms. The summed E-state index contributed by atoms with van der Waals surface area (Å²) in [4.78, 5) is 38.5. The number of hydrogen-bond acceptors (Lipinski definition) is 5. The normalized spacial score (nSPS) is 15.4. The van der Waals surface area contributed by atoms with Crippen LogP contribution in [0.4, 0.5) is 10.5 Å². The largest absolute Gasteiger partial charge is 0.478 e. The van der Waals surface area contributed by atoms with Crippen molar-refractivity contribution < 1.29 is 19.1 Å². The van der Waals surface area contributed by atoms with E-state index in [9.17, 15) is 14.4 Å². The first-order valence-electron chi connectivity index (χ1n) is 8.50. The van der Waals surface area contributed by atoms with Gasteiger partial charge in [-0.05, 0) is 49.2 Å². The second-order valence-electron chi connectivity index (χ2n) is 6.21. The Hall–Kier alpha value is -3.92. The fraction of sp³-hybridized carbons (Fsp3) is 0.143. The van der Waals surface area contributed by atoms with Crippen LogP contribution in [0, 0.1) is 25.2 Å². The lowest BCUT2D eigenvalue weighted by atomic mass is 10.0. The molecular formula is C21H17N3O4. The van der Waals surface area contributed by atoms with Gasteiger partial charge in [0.1, 0.15) is 17.4 Å². The summed E-state index contributed by atoms with van der Waals surface area (Å²) in [5, 5.41) is 10.9. The highest BCUT2D eigenvalue weighted by atomic mass is 16.5. The number of urea groups is 1. The van der Waals surface area contributed by atoms with E-state index in [1.807, 2.05) is 19.9 Å². The molecule has 0 saturated carbocycles. The van der Waals surface area contributed by atoms with Gasteiger partial charge in [-0.25, -0.2) is 9.69 Å². The minimum absolute atomic E-state index is 0.173. The predicted octanol–water partition coefficient (Wildman–Crippen LogP) is 2.87. The summed E-state index contributed by atoms with van der Waals surface area (Å²) in [6.07, 6.45) is 1.35. The first-order chi connectivity index (χ1) is 13.4. The summed E-state index contributed by atoms with van der Waals surface area (Å²) in [6.45, 7) is 3.62. The quantitative estimate of drug-likeness (QED) is 0.654. The van der Waals surface area contributed by atoms with Gasteiger partial charge < -0.3 is 4.74 Å². The van der Waals surface area contributed by atoms with Crippen molar-refractivity contribution in [3.63, 3.8) is 0 Å². The summed E-state index contributed by atoms with van der Waals surface area (Å²) in [7, 11) is 0. The number of nitrogens with zero attached hydrogens (tertiary/aromatic N) is 2. The van der Waals surface area contributed by atoms with Gasteiger partial charge in [-0.1, -0.05) is 24.3 Å². The lowest BCUT2D eigenvalue weighted by Gasteiger charge is -2.27. The molecule has 2 aromatic carbocycles. The van der Waals surface area contributed by atoms with Crippen LogP contribution in [0.3, 0.4) is 0 Å². The number of anilines is 1. The highest BCUT2D eigenvalue weighted by Gasteiger charge is 2.37. The second kappa shape index (κ2) is 7.76. The van der Waals surface area contributed by atoms with E-state index in [2.05, 4.69) is 5.32 Å². The zero-order valence-electron chi connectivity index (χ0n) is 15.4. The molecule has 3 rings (SSSR count). The van der Waals surface area contributed by atoms with Crippen LogP contribution in [0.25, 0.3) is 6.08 Å². The zero-order valence-corrected chi connectivity index (χ0v) is 15.4. The van der Waals surface area contributed by atoms with Crippen molar-refractivity contribution in [1.82, 2.24) is 5.32 Å². The number of amides is 4. The summed E-state index contributed by atoms with van der Waals surface area (Å²) < 4.78 is 5.33. The van der Waals surface area contributed by atoms with Crippen molar-refractivity contribution >= 4 is 29.6 Å². The fourth-order valence-corrected chi connectivity index (χ4v) is 2.75. The number of benzene rings is 2. The van der Waals surface area contributed by atoms with Crippen LogP contribution in [0.5, 0.6) is 5.75 Å². The van der Waals surface area contributed by atoms with Crippen LogP contribution >= 0.6 is 0 Å². The fourth-order valence-electron chi connectivity index (χ4n) is 2.75. The van der Waals surface area contributed by atoms with Crippen molar-refractivity contribution in [2.24, 2.45) is 0 Å². The molecule has 0 radical (unpaired) electrons. The first-order valence-corrected chi connectivity index (χ1v) is 8.50. The Morgan fingerprint density at radius 3 is 2.57 bits per heavy atom. The maximum absolute atomic E-state index is 13.0. The van der Waals surface area contributed by atoms with Gasteiger partial charge in [0, 0.05) is 5.56 Å². The third kappa shape index (κ3) is 3.62. The van der Waals surface area contributed by atoms with Crippen LogP contribution in [-0.2, 0) is 9.59 Å². The average molecular weight is 375 g/mol. The molecule has 140 valence electrons. The van der Waals surface area contributed by atoms with Crippen LogP contribution in [0.1, 0.15) is 16.7 Å². The number of hydrogen-bond donors (Lipinski definition) is 1. The van der Waals surface area contributed by atoms with Gasteiger partial charge in [-0.3, -0.25) is 14.9 Å². The average Bonchev–Trinajstić information content (AvgIpc) is 2.67. The molecule has 0 bridgehead atoms. The van der Waals surface area contributed by atoms with E-state index < -0.39 is 17.8 Å². The standard InChI is InChI=1S/C21H17N3O4/c1-13-7-8-16(11-14(13)2)24-20(26)17(19(25)23-21(24)27)12-15-5-3-4-6-18(15)28-10-9-22/h3-8,11-12H,10H2,1-2H3,(H,23,25,27)/b17-12+. The van der Waals surface area contributed by atoms with E-state index in [1.165, 1.54) is 6.08 Å². The van der Waals surface area contributed by atoms with Gasteiger partial charge in [-0.15, -0.1) is 0 Å². The lowest BCUT2D eigenvalue weighted by molar-refractivity contribution is -0.122. The van der Waals surface area contributed by atoms with Crippen LogP contribution in [0.2, 0.25) is 0 Å². The molecule has 7 nitrogen and oxygen atoms in total. The number of nitrogens with one attached hydrogen (secondary N) is 1. The predicted molar refractivity (Wildman–Crippen MR) is 102 cm³/mol. The number of aryl methyl sites for hydroxylation is 2. The zero-order chi connectivity index (χ0) is 20.3. The third-order valence-electron chi connectivity index (χ3n) is 4.36. The molecule has 7 heteroatoms. The van der Waals surface area contributed by atoms with E-state index in [0.717, 1.165) is 16.0 Å². The van der Waals surface area contributed by atoms with Gasteiger partial charge in [0.05, 0.1) is 5.69 Å². The maximum Gasteiger partial charge on any atom is 0.335 e. The number of nitriles is 1. The highest BCUT2D eigenvalue weighted by molar-refractivity contribution is 6.39. The Kier molecular flexibility index (Phi) is 5.23. The maximum atomic E-state index is 13.0. The van der Waals surface area contributed by atoms with Crippen molar-refractivity contribution in [3.05, 3.63) is 64.7 Å². The lowest BCUT2D eigenvalue weighted by Crippen LogP contribution is -2.54. The molecule has 1 fully saturated rings. The summed E-state index contributed by atoms with van der Waals surface area (Å²) >= 11 is 0. The monoisotopic (exact) mass is 375 g/mol. The van der Waals surface area contributed by atoms with E-state index in [1.54, 1.807) is 42.5 Å². The van der Waals surface area contributed by atoms with E-state index in [0.29, 0.717) is 17.0 Å². The van der Waals surface area contributed by atoms with E-state index in [-0.39, 0.29) is 12.2 Å². The van der Waals surface area contributed by atoms with Gasteiger partial charge in [0.25, 0.3) is 11.8 Å². The first kappa shape index (κ1) is 18.9. The molecule has 0 unspecified atom stereocenters. The Bertz CT molecular complexity index is 1050. The molecule has 1 heterocycles. The summed E-state index contributed by atoms with van der Waals surface area (Å²) in [5.74, 6) is -1.16. The van der Waals surface area contributed by atoms with Crippen molar-refractivity contribution in [2.45, 2.75) is 13.8 Å². The molecular weight excluding hydrogens is 358 g/mol. The van der Waals surface area contributed by atoms with E-state index >= 15 is 0 Å². The molecule has 1 N–H and O–H groups in total. The smallest absolute Gasteiger partial charge is 0.335 e. The molecule has 4 amide bonds. The summed E-state index contributed by atoms with van der Waals surface area (Å²) in [6, 6.07) is 12.9. The number of ether oxygens (including phenoxy) is 1. The molecule has 0 aliphatic carbocycles. The van der Waals surface area contributed by atoms with Crippen LogP contribution in [-0.4, -0.2) is 24.5 Å². The number of rotatable bonds is 4. The van der Waals surface area contributed by atoms with Gasteiger partial charge >= 0.3 is 6.03 Å². The Morgan fingerprint density at radius 2 is 1.86 bits per heavy atom. The molecule has 2 aromatic rings. The van der Waals surface area contributed by atoms with E-state index in [4.69, 9.17) is 10.00 Å². The Labute approximate surface area is 161 Å². The Morgan fingerprint density at radius 1 is 1.11 bits per heavy atom. The van der Waals surface area contributed by atoms with Gasteiger partial charge in [0.15, 0.2) is 6.61 Å². The van der Waals surface area contributed by atoms with Crippen LogP contribution < -0.4 is 15.0 Å². The SMILES string of the molecule is Cc1ccc(N2C(=O)NC(=O)/C(=C\c3ccccc3OCC#N)C2=O)cc1C. The molecule has 0 aromatic heterocycles. The number of carbonyl (C=O) groups is 3. The molecule has 1 saturated heterocycles. The third-order valence-corrected chi connectivity index (χ3v) is 4.36. The van der Waals surface area contributed by atoms with Crippen LogP contribution in [0.15, 0.2) is 48.0 Å². The van der Waals surface area contributed by atoms with Crippen molar-refractivity contribution in [1.29, 1.82) is 5.26 Å². The second-order valence-corrected chi connectivity index (χ2v) is 6.21. The minimum Gasteiger partial charge on any atom is -0.478 e. The van der Waals surface area contributed by atoms with Crippen molar-refractivity contribution in [2.75, 3.05) is 11.5 Å². The highest BCUT2D eigenvalue weighted by Crippen LogP contribution is 2.26. The number of carbonyl (C=O) groups excluding carboxylic acids is 3. The number of barbiturate groups is 1. The number of para-hydroxylation sites is 1. The molecule has 1 aliphatic rings. The summed E-state index contributed by atoms with van der Waals surface area (Å²) in [5.41, 5.74) is 2.55. The Balaban J connectivity index is 2.02. The van der Waals surface area contributed by atoms with Crippen molar-refractivity contribution in [3.8, 4) is 11.8 Å². The van der Waals surface area contributed by atoms with Gasteiger partial charge in [0.2, 0.25) is 0 Å². The van der Waals surface area contributed by atoms with Gasteiger partial charge in [-0.2, -0.15) is 5.26 Å². The topological polar surface area (TPSA) is 99.5 Å². The molecule has 0 atom stereocenters. The molecule has 28 heavy (non-hydrogen) atoms. The number of imide groups is 2.